The van der Waals surface area contributed by atoms with Crippen LogP contribution in [0, 0.1) is 5.82 Å². The van der Waals surface area contributed by atoms with Gasteiger partial charge in [0.25, 0.3) is 0 Å². The summed E-state index contributed by atoms with van der Waals surface area (Å²) in [5.74, 6) is 0.337. The van der Waals surface area contributed by atoms with E-state index in [1.807, 2.05) is 12.1 Å². The Balaban J connectivity index is 1.62. The lowest BCUT2D eigenvalue weighted by molar-refractivity contribution is 0.434. The topological polar surface area (TPSA) is 24.1 Å². The number of rotatable bonds is 5. The molecule has 26 heavy (non-hydrogen) atoms. The molecule has 1 saturated carbocycles. The van der Waals surface area contributed by atoms with Gasteiger partial charge in [-0.05, 0) is 66.4 Å². The van der Waals surface area contributed by atoms with Crippen LogP contribution >= 0.6 is 12.2 Å². The van der Waals surface area contributed by atoms with Gasteiger partial charge >= 0.3 is 0 Å². The number of hydrogen-bond acceptors (Lipinski definition) is 1. The molecule has 2 nitrogen and oxygen atoms in total. The van der Waals surface area contributed by atoms with Crippen LogP contribution in [0.5, 0.6) is 0 Å². The summed E-state index contributed by atoms with van der Waals surface area (Å²) < 4.78 is 13.3. The van der Waals surface area contributed by atoms with Gasteiger partial charge in [0.05, 0.1) is 0 Å². The summed E-state index contributed by atoms with van der Waals surface area (Å²) in [6.45, 7) is 5.14. The number of nitrogens with one attached hydrogen (secondary N) is 2. The van der Waals surface area contributed by atoms with Gasteiger partial charge < -0.3 is 10.6 Å². The number of anilines is 1. The maximum absolute atomic E-state index is 13.3. The van der Waals surface area contributed by atoms with Gasteiger partial charge in [-0.15, -0.1) is 0 Å². The highest BCUT2D eigenvalue weighted by Crippen LogP contribution is 2.40. The number of halogens is 1. The van der Waals surface area contributed by atoms with Crippen molar-refractivity contribution in [1.82, 2.24) is 5.32 Å². The second-order valence-corrected chi connectivity index (χ2v) is 7.99. The van der Waals surface area contributed by atoms with Crippen molar-refractivity contribution in [3.63, 3.8) is 0 Å². The minimum atomic E-state index is -0.183. The maximum atomic E-state index is 13.3. The first kappa shape index (κ1) is 18.8. The smallest absolute Gasteiger partial charge is 0.170 e. The normalized spacial score (nSPS) is 15.8. The van der Waals surface area contributed by atoms with Crippen LogP contribution in [0.15, 0.2) is 48.5 Å². The van der Waals surface area contributed by atoms with E-state index in [4.69, 9.17) is 12.2 Å². The fraction of sp³-hybridized carbons (Fsp3) is 0.409. The Morgan fingerprint density at radius 2 is 1.65 bits per heavy atom. The summed E-state index contributed by atoms with van der Waals surface area (Å²) in [7, 11) is 0. The Labute approximate surface area is 161 Å². The summed E-state index contributed by atoms with van der Waals surface area (Å²) in [6.07, 6.45) is 4.63. The van der Waals surface area contributed by atoms with Crippen molar-refractivity contribution in [3.05, 3.63) is 65.5 Å². The van der Waals surface area contributed by atoms with Gasteiger partial charge in [0, 0.05) is 17.6 Å². The van der Waals surface area contributed by atoms with E-state index in [0.717, 1.165) is 25.1 Å². The summed E-state index contributed by atoms with van der Waals surface area (Å²) in [4.78, 5) is 0. The van der Waals surface area contributed by atoms with Gasteiger partial charge in [-0.2, -0.15) is 0 Å². The summed E-state index contributed by atoms with van der Waals surface area (Å²) in [5, 5.41) is 7.30. The van der Waals surface area contributed by atoms with Crippen molar-refractivity contribution < 1.29 is 4.39 Å². The van der Waals surface area contributed by atoms with Crippen molar-refractivity contribution in [1.29, 1.82) is 0 Å². The predicted molar refractivity (Wildman–Crippen MR) is 111 cm³/mol. The fourth-order valence-corrected chi connectivity index (χ4v) is 3.99. The molecule has 0 heterocycles. The van der Waals surface area contributed by atoms with E-state index in [1.165, 1.54) is 24.0 Å². The van der Waals surface area contributed by atoms with Crippen molar-refractivity contribution in [2.75, 3.05) is 11.9 Å². The highest BCUT2D eigenvalue weighted by Gasteiger charge is 2.35. The molecule has 3 rings (SSSR count). The number of hydrogen-bond donors (Lipinski definition) is 2. The summed E-state index contributed by atoms with van der Waals surface area (Å²) in [5.41, 5.74) is 3.55. The van der Waals surface area contributed by atoms with Crippen LogP contribution in [0.3, 0.4) is 0 Å². The van der Waals surface area contributed by atoms with Gasteiger partial charge in [0.1, 0.15) is 5.82 Å². The second kappa shape index (κ2) is 8.17. The summed E-state index contributed by atoms with van der Waals surface area (Å²) >= 11 is 5.49. The fourth-order valence-electron chi connectivity index (χ4n) is 3.80. The first-order valence-electron chi connectivity index (χ1n) is 9.39. The first-order chi connectivity index (χ1) is 12.5. The molecule has 0 aliphatic heterocycles. The molecule has 0 unspecified atom stereocenters. The average molecular weight is 371 g/mol. The molecule has 1 aliphatic rings. The van der Waals surface area contributed by atoms with Crippen LogP contribution < -0.4 is 10.6 Å². The van der Waals surface area contributed by atoms with Gasteiger partial charge in [0.2, 0.25) is 0 Å². The van der Waals surface area contributed by atoms with Crippen molar-refractivity contribution in [3.8, 4) is 0 Å². The molecule has 2 aromatic carbocycles. The Morgan fingerprint density at radius 1 is 1.04 bits per heavy atom. The predicted octanol–water partition coefficient (Wildman–Crippen LogP) is 5.75. The Morgan fingerprint density at radius 3 is 2.23 bits per heavy atom. The molecule has 138 valence electrons. The van der Waals surface area contributed by atoms with Crippen LogP contribution in [-0.4, -0.2) is 11.7 Å². The van der Waals surface area contributed by atoms with Crippen molar-refractivity contribution in [2.24, 2.45) is 0 Å². The van der Waals surface area contributed by atoms with E-state index in [2.05, 4.69) is 48.7 Å². The van der Waals surface area contributed by atoms with E-state index in [0.29, 0.717) is 11.0 Å². The third-order valence-electron chi connectivity index (χ3n) is 5.44. The van der Waals surface area contributed by atoms with E-state index in [9.17, 15) is 4.39 Å². The van der Waals surface area contributed by atoms with Crippen molar-refractivity contribution in [2.45, 2.75) is 50.9 Å². The molecule has 0 bridgehead atoms. The van der Waals surface area contributed by atoms with Gasteiger partial charge in [0.15, 0.2) is 5.11 Å². The zero-order chi connectivity index (χ0) is 18.6. The zero-order valence-electron chi connectivity index (χ0n) is 15.5. The van der Waals surface area contributed by atoms with E-state index >= 15 is 0 Å². The molecule has 1 aliphatic carbocycles. The maximum Gasteiger partial charge on any atom is 0.170 e. The first-order valence-corrected chi connectivity index (χ1v) is 9.80. The molecule has 0 spiro atoms. The van der Waals surface area contributed by atoms with Crippen LogP contribution in [0.25, 0.3) is 0 Å². The van der Waals surface area contributed by atoms with Gasteiger partial charge in [-0.1, -0.05) is 51.0 Å². The van der Waals surface area contributed by atoms with Gasteiger partial charge in [-0.25, -0.2) is 4.39 Å². The Kier molecular flexibility index (Phi) is 5.92. The molecule has 0 saturated heterocycles. The van der Waals surface area contributed by atoms with Gasteiger partial charge in [-0.3, -0.25) is 0 Å². The highest BCUT2D eigenvalue weighted by atomic mass is 32.1. The summed E-state index contributed by atoms with van der Waals surface area (Å²) in [6, 6.07) is 15.3. The minimum absolute atomic E-state index is 0.0426. The molecule has 1 fully saturated rings. The standard InChI is InChI=1S/C22H27FN2S/c1-16(2)17-5-11-20(12-6-17)25-21(26)24-15-22(13-3-4-14-22)18-7-9-19(23)10-8-18/h5-12,16H,3-4,13-15H2,1-2H3,(H2,24,25,26). The molecule has 0 amide bonds. The van der Waals surface area contributed by atoms with Crippen molar-refractivity contribution >= 4 is 23.0 Å². The molecular formula is C22H27FN2S. The second-order valence-electron chi connectivity index (χ2n) is 7.58. The highest BCUT2D eigenvalue weighted by molar-refractivity contribution is 7.80. The van der Waals surface area contributed by atoms with E-state index in [1.54, 1.807) is 12.1 Å². The molecular weight excluding hydrogens is 343 g/mol. The zero-order valence-corrected chi connectivity index (χ0v) is 16.3. The van der Waals surface area contributed by atoms with Crippen LogP contribution in [0.1, 0.15) is 56.6 Å². The average Bonchev–Trinajstić information content (AvgIpc) is 3.11. The number of benzene rings is 2. The Bertz CT molecular complexity index is 732. The number of thiocarbonyl (C=S) groups is 1. The largest absolute Gasteiger partial charge is 0.362 e. The molecule has 0 atom stereocenters. The lowest BCUT2D eigenvalue weighted by atomic mass is 9.79. The van der Waals surface area contributed by atoms with E-state index < -0.39 is 0 Å². The van der Waals surface area contributed by atoms with Crippen LogP contribution in [0.4, 0.5) is 10.1 Å². The quantitative estimate of drug-likeness (QED) is 0.656. The molecule has 2 aromatic rings. The van der Waals surface area contributed by atoms with E-state index in [-0.39, 0.29) is 11.2 Å². The lowest BCUT2D eigenvalue weighted by Gasteiger charge is -2.30. The van der Waals surface area contributed by atoms with Crippen LogP contribution in [-0.2, 0) is 5.41 Å². The minimum Gasteiger partial charge on any atom is -0.362 e. The molecule has 4 heteroatoms. The monoisotopic (exact) mass is 370 g/mol. The molecule has 2 N–H and O–H groups in total. The Hall–Kier alpha value is -1.94. The third kappa shape index (κ3) is 4.42. The molecule has 0 aromatic heterocycles. The molecule has 0 radical (unpaired) electrons. The van der Waals surface area contributed by atoms with Crippen LogP contribution in [0.2, 0.25) is 0 Å². The SMILES string of the molecule is CC(C)c1ccc(NC(=S)NCC2(c3ccc(F)cc3)CCCC2)cc1. The third-order valence-corrected chi connectivity index (χ3v) is 5.69. The lowest BCUT2D eigenvalue weighted by Crippen LogP contribution is -2.40.